The largest absolute Gasteiger partial charge is 0.388 e. The second kappa shape index (κ2) is 7.08. The second-order valence-corrected chi connectivity index (χ2v) is 7.35. The minimum atomic E-state index is -0.636. The zero-order valence-electron chi connectivity index (χ0n) is 12.9. The van der Waals surface area contributed by atoms with Crippen LogP contribution < -0.4 is 5.32 Å². The number of hydrogen-bond donors (Lipinski definition) is 2. The molecule has 2 aliphatic rings. The Morgan fingerprint density at radius 1 is 1.50 bits per heavy atom. The molecule has 0 aromatic carbocycles. The van der Waals surface area contributed by atoms with Crippen LogP contribution >= 0.6 is 11.3 Å². The average molecular weight is 324 g/mol. The molecule has 2 aliphatic heterocycles. The fourth-order valence-corrected chi connectivity index (χ4v) is 3.74. The molecule has 3 atom stereocenters. The van der Waals surface area contributed by atoms with Gasteiger partial charge in [-0.05, 0) is 43.3 Å². The Kier molecular flexibility index (Phi) is 5.13. The summed E-state index contributed by atoms with van der Waals surface area (Å²) in [6.07, 6.45) is 1.58. The third kappa shape index (κ3) is 3.68. The molecule has 0 saturated carbocycles. The average Bonchev–Trinajstić information content (AvgIpc) is 3.15. The maximum Gasteiger partial charge on any atom is 0.261 e. The number of carbonyl (C=O) groups is 1. The van der Waals surface area contributed by atoms with Crippen LogP contribution in [-0.4, -0.2) is 60.4 Å². The SMILES string of the molecule is CC1CCN(CC2OCC(NC(=O)c3cccs3)C2O)CC1. The van der Waals surface area contributed by atoms with E-state index in [1.807, 2.05) is 11.4 Å². The van der Waals surface area contributed by atoms with E-state index >= 15 is 0 Å². The molecule has 0 bridgehead atoms. The van der Waals surface area contributed by atoms with Crippen LogP contribution in [0.4, 0.5) is 0 Å². The van der Waals surface area contributed by atoms with Crippen molar-refractivity contribution >= 4 is 17.2 Å². The van der Waals surface area contributed by atoms with E-state index in [-0.39, 0.29) is 18.1 Å². The number of carbonyl (C=O) groups excluding carboxylic acids is 1. The summed E-state index contributed by atoms with van der Waals surface area (Å²) >= 11 is 1.40. The smallest absolute Gasteiger partial charge is 0.261 e. The number of likely N-dealkylation sites (tertiary alicyclic amines) is 1. The number of amides is 1. The highest BCUT2D eigenvalue weighted by Crippen LogP contribution is 2.21. The lowest BCUT2D eigenvalue weighted by atomic mass is 9.98. The number of ether oxygens (including phenoxy) is 1. The third-order valence-electron chi connectivity index (χ3n) is 4.66. The van der Waals surface area contributed by atoms with Gasteiger partial charge in [0.25, 0.3) is 5.91 Å². The molecule has 0 aliphatic carbocycles. The van der Waals surface area contributed by atoms with Gasteiger partial charge in [-0.15, -0.1) is 11.3 Å². The van der Waals surface area contributed by atoms with Crippen LogP contribution in [0.1, 0.15) is 29.4 Å². The number of nitrogens with zero attached hydrogens (tertiary/aromatic N) is 1. The van der Waals surface area contributed by atoms with Gasteiger partial charge in [-0.3, -0.25) is 4.79 Å². The number of piperidine rings is 1. The standard InChI is InChI=1S/C16H24N2O3S/c1-11-4-6-18(7-5-11)9-13-15(19)12(10-21-13)17-16(20)14-3-2-8-22-14/h2-3,8,11-13,15,19H,4-7,9-10H2,1H3,(H,17,20). The molecule has 2 N–H and O–H groups in total. The molecular formula is C16H24N2O3S. The zero-order valence-corrected chi connectivity index (χ0v) is 13.7. The number of aliphatic hydroxyl groups excluding tert-OH is 1. The fourth-order valence-electron chi connectivity index (χ4n) is 3.12. The number of hydrogen-bond acceptors (Lipinski definition) is 5. The summed E-state index contributed by atoms with van der Waals surface area (Å²) in [6, 6.07) is 3.32. The van der Waals surface area contributed by atoms with Crippen molar-refractivity contribution in [1.29, 1.82) is 0 Å². The Labute approximate surface area is 135 Å². The summed E-state index contributed by atoms with van der Waals surface area (Å²) < 4.78 is 5.72. The molecule has 122 valence electrons. The Bertz CT molecular complexity index is 486. The highest BCUT2D eigenvalue weighted by atomic mass is 32.1. The number of aliphatic hydroxyl groups is 1. The lowest BCUT2D eigenvalue weighted by Gasteiger charge is -2.32. The van der Waals surface area contributed by atoms with Gasteiger partial charge in [0.1, 0.15) is 6.10 Å². The molecule has 3 heterocycles. The summed E-state index contributed by atoms with van der Waals surface area (Å²) in [7, 11) is 0. The second-order valence-electron chi connectivity index (χ2n) is 6.40. The molecule has 5 nitrogen and oxygen atoms in total. The molecule has 0 radical (unpaired) electrons. The predicted octanol–water partition coefficient (Wildman–Crippen LogP) is 1.34. The Morgan fingerprint density at radius 3 is 2.95 bits per heavy atom. The van der Waals surface area contributed by atoms with Crippen molar-refractivity contribution in [1.82, 2.24) is 10.2 Å². The van der Waals surface area contributed by atoms with Gasteiger partial charge >= 0.3 is 0 Å². The first-order chi connectivity index (χ1) is 10.6. The van der Waals surface area contributed by atoms with Gasteiger partial charge in [-0.2, -0.15) is 0 Å². The van der Waals surface area contributed by atoms with E-state index in [9.17, 15) is 9.90 Å². The fraction of sp³-hybridized carbons (Fsp3) is 0.688. The van der Waals surface area contributed by atoms with E-state index in [1.165, 1.54) is 24.2 Å². The van der Waals surface area contributed by atoms with Gasteiger partial charge in [-0.25, -0.2) is 0 Å². The van der Waals surface area contributed by atoms with Crippen molar-refractivity contribution in [2.24, 2.45) is 5.92 Å². The lowest BCUT2D eigenvalue weighted by Crippen LogP contribution is -2.47. The van der Waals surface area contributed by atoms with E-state index < -0.39 is 6.10 Å². The highest BCUT2D eigenvalue weighted by Gasteiger charge is 2.38. The van der Waals surface area contributed by atoms with Gasteiger partial charge < -0.3 is 20.1 Å². The van der Waals surface area contributed by atoms with Gasteiger partial charge in [0.2, 0.25) is 0 Å². The normalized spacial score (nSPS) is 30.5. The molecule has 1 amide bonds. The molecule has 1 aromatic heterocycles. The third-order valence-corrected chi connectivity index (χ3v) is 5.53. The van der Waals surface area contributed by atoms with E-state index in [0.29, 0.717) is 11.5 Å². The summed E-state index contributed by atoms with van der Waals surface area (Å²) in [5.74, 6) is 0.665. The minimum Gasteiger partial charge on any atom is -0.388 e. The molecule has 6 heteroatoms. The number of thiophene rings is 1. The number of nitrogens with one attached hydrogen (secondary N) is 1. The maximum absolute atomic E-state index is 12.1. The maximum atomic E-state index is 12.1. The highest BCUT2D eigenvalue weighted by molar-refractivity contribution is 7.12. The predicted molar refractivity (Wildman–Crippen MR) is 86.2 cm³/mol. The minimum absolute atomic E-state index is 0.130. The monoisotopic (exact) mass is 324 g/mol. The molecular weight excluding hydrogens is 300 g/mol. The van der Waals surface area contributed by atoms with Gasteiger partial charge in [0, 0.05) is 6.54 Å². The first-order valence-corrected chi connectivity index (χ1v) is 8.88. The van der Waals surface area contributed by atoms with Crippen molar-refractivity contribution in [2.45, 2.75) is 38.0 Å². The first kappa shape index (κ1) is 15.9. The Morgan fingerprint density at radius 2 is 2.27 bits per heavy atom. The Balaban J connectivity index is 1.49. The molecule has 1 aromatic rings. The molecule has 2 saturated heterocycles. The van der Waals surface area contributed by atoms with Crippen LogP contribution in [0.25, 0.3) is 0 Å². The van der Waals surface area contributed by atoms with Crippen molar-refractivity contribution in [3.8, 4) is 0 Å². The van der Waals surface area contributed by atoms with Gasteiger partial charge in [-0.1, -0.05) is 13.0 Å². The quantitative estimate of drug-likeness (QED) is 0.877. The molecule has 3 unspecified atom stereocenters. The van der Waals surface area contributed by atoms with Crippen LogP contribution in [0, 0.1) is 5.92 Å². The van der Waals surface area contributed by atoms with Crippen molar-refractivity contribution < 1.29 is 14.6 Å². The first-order valence-electron chi connectivity index (χ1n) is 8.00. The van der Waals surface area contributed by atoms with Crippen molar-refractivity contribution in [3.63, 3.8) is 0 Å². The van der Waals surface area contributed by atoms with Crippen LogP contribution in [-0.2, 0) is 4.74 Å². The summed E-state index contributed by atoms with van der Waals surface area (Å²) in [4.78, 5) is 15.1. The van der Waals surface area contributed by atoms with Crippen LogP contribution in [0.5, 0.6) is 0 Å². The molecule has 3 rings (SSSR count). The summed E-state index contributed by atoms with van der Waals surface area (Å²) in [6.45, 7) is 5.56. The van der Waals surface area contributed by atoms with E-state index in [0.717, 1.165) is 25.6 Å². The lowest BCUT2D eigenvalue weighted by molar-refractivity contribution is 0.00864. The van der Waals surface area contributed by atoms with E-state index in [4.69, 9.17) is 4.74 Å². The van der Waals surface area contributed by atoms with Crippen molar-refractivity contribution in [3.05, 3.63) is 22.4 Å². The van der Waals surface area contributed by atoms with Gasteiger partial charge in [0.15, 0.2) is 0 Å². The number of rotatable bonds is 4. The van der Waals surface area contributed by atoms with E-state index in [2.05, 4.69) is 17.1 Å². The molecule has 22 heavy (non-hydrogen) atoms. The van der Waals surface area contributed by atoms with Crippen LogP contribution in [0.15, 0.2) is 17.5 Å². The van der Waals surface area contributed by atoms with Crippen molar-refractivity contribution in [2.75, 3.05) is 26.2 Å². The Hall–Kier alpha value is -0.950. The van der Waals surface area contributed by atoms with Crippen LogP contribution in [0.2, 0.25) is 0 Å². The zero-order chi connectivity index (χ0) is 15.5. The summed E-state index contributed by atoms with van der Waals surface area (Å²) in [5.41, 5.74) is 0. The van der Waals surface area contributed by atoms with Gasteiger partial charge in [0.05, 0.1) is 23.6 Å². The molecule has 2 fully saturated rings. The molecule has 0 spiro atoms. The summed E-state index contributed by atoms with van der Waals surface area (Å²) in [5, 5.41) is 15.2. The van der Waals surface area contributed by atoms with Crippen LogP contribution in [0.3, 0.4) is 0 Å². The van der Waals surface area contributed by atoms with E-state index in [1.54, 1.807) is 6.07 Å². The topological polar surface area (TPSA) is 61.8 Å².